The molecule has 21 heavy (non-hydrogen) atoms. The molecule has 5 nitrogen and oxygen atoms in total. The van der Waals surface area contributed by atoms with Crippen LogP contribution in [0.15, 0.2) is 0 Å². The van der Waals surface area contributed by atoms with Gasteiger partial charge in [0.1, 0.15) is 0 Å². The monoisotopic (exact) mass is 296 g/mol. The number of hydrogen-bond donors (Lipinski definition) is 2. The molecule has 120 valence electrons. The number of carboxylic acid groups (broad SMARTS) is 1. The van der Waals surface area contributed by atoms with Crippen molar-refractivity contribution in [2.24, 2.45) is 17.8 Å². The maximum Gasteiger partial charge on any atom is 0.317 e. The smallest absolute Gasteiger partial charge is 0.317 e. The van der Waals surface area contributed by atoms with E-state index < -0.39 is 5.97 Å². The lowest BCUT2D eigenvalue weighted by atomic mass is 9.79. The van der Waals surface area contributed by atoms with Gasteiger partial charge in [-0.05, 0) is 37.5 Å². The molecule has 1 heterocycles. The summed E-state index contributed by atoms with van der Waals surface area (Å²) in [4.78, 5) is 25.0. The van der Waals surface area contributed by atoms with Crippen LogP contribution in [0.3, 0.4) is 0 Å². The molecule has 1 saturated carbocycles. The molecule has 2 aliphatic rings. The number of carbonyl (C=O) groups is 2. The molecule has 5 heteroatoms. The summed E-state index contributed by atoms with van der Waals surface area (Å²) >= 11 is 0. The first-order chi connectivity index (χ1) is 9.97. The van der Waals surface area contributed by atoms with Gasteiger partial charge in [0, 0.05) is 19.1 Å². The van der Waals surface area contributed by atoms with Gasteiger partial charge >= 0.3 is 12.0 Å². The second kappa shape index (κ2) is 7.14. The highest BCUT2D eigenvalue weighted by Gasteiger charge is 2.29. The first-order valence-electron chi connectivity index (χ1n) is 8.25. The van der Waals surface area contributed by atoms with E-state index in [4.69, 9.17) is 5.11 Å². The zero-order valence-corrected chi connectivity index (χ0v) is 13.2. The summed E-state index contributed by atoms with van der Waals surface area (Å²) in [5.41, 5.74) is 0. The minimum atomic E-state index is -0.734. The topological polar surface area (TPSA) is 69.6 Å². The molecule has 0 aromatic rings. The van der Waals surface area contributed by atoms with Crippen LogP contribution in [-0.2, 0) is 4.79 Å². The second-order valence-electron chi connectivity index (χ2n) is 6.92. The third-order valence-corrected chi connectivity index (χ3v) is 5.12. The Balaban J connectivity index is 1.78. The van der Waals surface area contributed by atoms with Crippen LogP contribution in [-0.4, -0.2) is 41.1 Å². The summed E-state index contributed by atoms with van der Waals surface area (Å²) < 4.78 is 0. The molecule has 2 N–H and O–H groups in total. The van der Waals surface area contributed by atoms with Crippen LogP contribution >= 0.6 is 0 Å². The predicted octanol–water partition coefficient (Wildman–Crippen LogP) is 2.71. The fourth-order valence-electron chi connectivity index (χ4n) is 3.56. The van der Waals surface area contributed by atoms with E-state index in [2.05, 4.69) is 19.2 Å². The SMILES string of the molecule is CC(C)C1CCCC(NC(=O)N2CCC(C(=O)O)CC2)C1. The van der Waals surface area contributed by atoms with Gasteiger partial charge in [0.25, 0.3) is 0 Å². The number of aliphatic carboxylic acids is 1. The lowest BCUT2D eigenvalue weighted by Crippen LogP contribution is -2.49. The van der Waals surface area contributed by atoms with Gasteiger partial charge in [-0.1, -0.05) is 26.7 Å². The molecule has 2 unspecified atom stereocenters. The van der Waals surface area contributed by atoms with Crippen LogP contribution in [0.1, 0.15) is 52.4 Å². The van der Waals surface area contributed by atoms with Crippen LogP contribution < -0.4 is 5.32 Å². The number of nitrogens with zero attached hydrogens (tertiary/aromatic N) is 1. The number of carbonyl (C=O) groups excluding carboxylic acids is 1. The molecule has 0 spiro atoms. The molecule has 0 radical (unpaired) electrons. The molecule has 0 aromatic heterocycles. The van der Waals surface area contributed by atoms with Gasteiger partial charge in [-0.15, -0.1) is 0 Å². The van der Waals surface area contributed by atoms with Crippen molar-refractivity contribution in [3.8, 4) is 0 Å². The third kappa shape index (κ3) is 4.35. The van der Waals surface area contributed by atoms with Crippen molar-refractivity contribution in [2.45, 2.75) is 58.4 Å². The highest BCUT2D eigenvalue weighted by Crippen LogP contribution is 2.30. The fourth-order valence-corrected chi connectivity index (χ4v) is 3.56. The second-order valence-corrected chi connectivity index (χ2v) is 6.92. The van der Waals surface area contributed by atoms with Crippen LogP contribution in [0.4, 0.5) is 4.79 Å². The van der Waals surface area contributed by atoms with Gasteiger partial charge in [-0.25, -0.2) is 4.79 Å². The zero-order chi connectivity index (χ0) is 15.4. The average molecular weight is 296 g/mol. The lowest BCUT2D eigenvalue weighted by molar-refractivity contribution is -0.143. The first-order valence-corrected chi connectivity index (χ1v) is 8.25. The quantitative estimate of drug-likeness (QED) is 0.841. The number of hydrogen-bond acceptors (Lipinski definition) is 2. The van der Waals surface area contributed by atoms with Crippen molar-refractivity contribution in [2.75, 3.05) is 13.1 Å². The number of carboxylic acids is 1. The first kappa shape index (κ1) is 16.1. The molecular weight excluding hydrogens is 268 g/mol. The van der Waals surface area contributed by atoms with E-state index >= 15 is 0 Å². The highest BCUT2D eigenvalue weighted by molar-refractivity contribution is 5.75. The van der Waals surface area contributed by atoms with Gasteiger partial charge in [-0.2, -0.15) is 0 Å². The van der Waals surface area contributed by atoms with Crippen molar-refractivity contribution < 1.29 is 14.7 Å². The van der Waals surface area contributed by atoms with E-state index in [9.17, 15) is 9.59 Å². The van der Waals surface area contributed by atoms with Crippen molar-refractivity contribution in [1.29, 1.82) is 0 Å². The third-order valence-electron chi connectivity index (χ3n) is 5.12. The molecule has 2 fully saturated rings. The molecule has 1 aliphatic carbocycles. The van der Waals surface area contributed by atoms with E-state index in [1.807, 2.05) is 0 Å². The van der Waals surface area contributed by atoms with Crippen LogP contribution in [0.2, 0.25) is 0 Å². The van der Waals surface area contributed by atoms with Crippen LogP contribution in [0.5, 0.6) is 0 Å². The summed E-state index contributed by atoms with van der Waals surface area (Å²) in [7, 11) is 0. The zero-order valence-electron chi connectivity index (χ0n) is 13.2. The Kier molecular flexibility index (Phi) is 5.48. The van der Waals surface area contributed by atoms with Crippen molar-refractivity contribution >= 4 is 12.0 Å². The van der Waals surface area contributed by atoms with E-state index in [-0.39, 0.29) is 18.0 Å². The van der Waals surface area contributed by atoms with Crippen LogP contribution in [0, 0.1) is 17.8 Å². The van der Waals surface area contributed by atoms with Gasteiger partial charge < -0.3 is 15.3 Å². The molecular formula is C16H28N2O3. The molecule has 0 aromatic carbocycles. The lowest BCUT2D eigenvalue weighted by Gasteiger charge is -2.35. The Morgan fingerprint density at radius 3 is 2.38 bits per heavy atom. The average Bonchev–Trinajstić information content (AvgIpc) is 2.47. The van der Waals surface area contributed by atoms with Crippen molar-refractivity contribution in [3.05, 3.63) is 0 Å². The minimum absolute atomic E-state index is 0.00625. The highest BCUT2D eigenvalue weighted by atomic mass is 16.4. The number of piperidine rings is 1. The van der Waals surface area contributed by atoms with Gasteiger partial charge in [0.2, 0.25) is 0 Å². The van der Waals surface area contributed by atoms with E-state index in [1.165, 1.54) is 12.8 Å². The molecule has 2 amide bonds. The van der Waals surface area contributed by atoms with Gasteiger partial charge in [0.15, 0.2) is 0 Å². The molecule has 1 saturated heterocycles. The predicted molar refractivity (Wildman–Crippen MR) is 81.0 cm³/mol. The fraction of sp³-hybridized carbons (Fsp3) is 0.875. The van der Waals surface area contributed by atoms with Gasteiger partial charge in [-0.3, -0.25) is 4.79 Å². The number of likely N-dealkylation sites (tertiary alicyclic amines) is 1. The van der Waals surface area contributed by atoms with Crippen molar-refractivity contribution in [3.63, 3.8) is 0 Å². The Labute approximate surface area is 127 Å². The number of nitrogens with one attached hydrogen (secondary N) is 1. The molecule has 2 atom stereocenters. The van der Waals surface area contributed by atoms with E-state index in [0.717, 1.165) is 12.8 Å². The molecule has 2 rings (SSSR count). The molecule has 0 bridgehead atoms. The summed E-state index contributed by atoms with van der Waals surface area (Å²) in [6, 6.07) is 0.282. The summed E-state index contributed by atoms with van der Waals surface area (Å²) in [6.07, 6.45) is 5.75. The Morgan fingerprint density at radius 1 is 1.14 bits per heavy atom. The summed E-state index contributed by atoms with van der Waals surface area (Å²) in [5, 5.41) is 12.1. The minimum Gasteiger partial charge on any atom is -0.481 e. The van der Waals surface area contributed by atoms with Crippen molar-refractivity contribution in [1.82, 2.24) is 10.2 Å². The largest absolute Gasteiger partial charge is 0.481 e. The Bertz CT molecular complexity index is 376. The standard InChI is InChI=1S/C16H28N2O3/c1-11(2)13-4-3-5-14(10-13)17-16(21)18-8-6-12(7-9-18)15(19)20/h11-14H,3-10H2,1-2H3,(H,17,21)(H,19,20). The van der Waals surface area contributed by atoms with Gasteiger partial charge in [0.05, 0.1) is 5.92 Å². The number of amides is 2. The van der Waals surface area contributed by atoms with E-state index in [1.54, 1.807) is 4.90 Å². The summed E-state index contributed by atoms with van der Waals surface area (Å²) in [5.74, 6) is 0.369. The number of urea groups is 1. The summed E-state index contributed by atoms with van der Waals surface area (Å²) in [6.45, 7) is 5.63. The maximum absolute atomic E-state index is 12.3. The number of rotatable bonds is 3. The van der Waals surface area contributed by atoms with Crippen LogP contribution in [0.25, 0.3) is 0 Å². The Morgan fingerprint density at radius 2 is 1.81 bits per heavy atom. The normalized spacial score (nSPS) is 27.7. The Hall–Kier alpha value is -1.26. The molecule has 1 aliphatic heterocycles. The van der Waals surface area contributed by atoms with E-state index in [0.29, 0.717) is 37.8 Å². The maximum atomic E-state index is 12.3.